The summed E-state index contributed by atoms with van der Waals surface area (Å²) in [6, 6.07) is 9.30. The SMILES string of the molecule is CC(=O)CCN(C)CCC(=O)c1ccccc1. The van der Waals surface area contributed by atoms with Crippen LogP contribution in [-0.2, 0) is 4.79 Å². The van der Waals surface area contributed by atoms with Crippen LogP contribution in [0.5, 0.6) is 0 Å². The number of ketones is 2. The summed E-state index contributed by atoms with van der Waals surface area (Å²) in [7, 11) is 1.93. The van der Waals surface area contributed by atoms with E-state index in [1.54, 1.807) is 6.92 Å². The maximum atomic E-state index is 11.8. The van der Waals surface area contributed by atoms with Gasteiger partial charge in [-0.1, -0.05) is 30.3 Å². The van der Waals surface area contributed by atoms with Gasteiger partial charge in [0, 0.05) is 31.5 Å². The Morgan fingerprint density at radius 1 is 1.06 bits per heavy atom. The van der Waals surface area contributed by atoms with Crippen molar-refractivity contribution in [1.82, 2.24) is 4.90 Å². The molecule has 0 spiro atoms. The monoisotopic (exact) mass is 233 g/mol. The Balaban J connectivity index is 2.31. The topological polar surface area (TPSA) is 37.4 Å². The highest BCUT2D eigenvalue weighted by Gasteiger charge is 2.07. The summed E-state index contributed by atoms with van der Waals surface area (Å²) >= 11 is 0. The molecule has 3 nitrogen and oxygen atoms in total. The van der Waals surface area contributed by atoms with Crippen LogP contribution in [0.4, 0.5) is 0 Å². The Morgan fingerprint density at radius 2 is 1.65 bits per heavy atom. The largest absolute Gasteiger partial charge is 0.305 e. The van der Waals surface area contributed by atoms with Crippen molar-refractivity contribution in [3.63, 3.8) is 0 Å². The van der Waals surface area contributed by atoms with Gasteiger partial charge in [-0.05, 0) is 14.0 Å². The predicted octanol–water partition coefficient (Wildman–Crippen LogP) is 2.17. The molecule has 0 radical (unpaired) electrons. The van der Waals surface area contributed by atoms with E-state index in [1.165, 1.54) is 0 Å². The molecule has 0 aromatic heterocycles. The number of hydrogen-bond acceptors (Lipinski definition) is 3. The average Bonchev–Trinajstić information content (AvgIpc) is 2.34. The van der Waals surface area contributed by atoms with Crippen LogP contribution in [0.15, 0.2) is 30.3 Å². The van der Waals surface area contributed by atoms with E-state index in [1.807, 2.05) is 42.3 Å². The molecule has 0 atom stereocenters. The fourth-order valence-corrected chi connectivity index (χ4v) is 1.52. The first-order chi connectivity index (χ1) is 8.09. The van der Waals surface area contributed by atoms with E-state index in [9.17, 15) is 9.59 Å². The van der Waals surface area contributed by atoms with Gasteiger partial charge < -0.3 is 4.90 Å². The van der Waals surface area contributed by atoms with E-state index in [4.69, 9.17) is 0 Å². The zero-order valence-electron chi connectivity index (χ0n) is 10.5. The van der Waals surface area contributed by atoms with Crippen LogP contribution >= 0.6 is 0 Å². The van der Waals surface area contributed by atoms with Crippen LogP contribution in [0.3, 0.4) is 0 Å². The summed E-state index contributed by atoms with van der Waals surface area (Å²) in [6.45, 7) is 3.00. The first kappa shape index (κ1) is 13.6. The van der Waals surface area contributed by atoms with Crippen LogP contribution in [0.2, 0.25) is 0 Å². The Hall–Kier alpha value is -1.48. The first-order valence-electron chi connectivity index (χ1n) is 5.86. The Morgan fingerprint density at radius 3 is 2.24 bits per heavy atom. The lowest BCUT2D eigenvalue weighted by atomic mass is 10.1. The van der Waals surface area contributed by atoms with Crippen molar-refractivity contribution in [2.75, 3.05) is 20.1 Å². The zero-order valence-corrected chi connectivity index (χ0v) is 10.5. The van der Waals surface area contributed by atoms with Crippen LogP contribution in [0, 0.1) is 0 Å². The highest BCUT2D eigenvalue weighted by molar-refractivity contribution is 5.96. The van der Waals surface area contributed by atoms with Crippen LogP contribution in [0.1, 0.15) is 30.1 Å². The van der Waals surface area contributed by atoms with Gasteiger partial charge in [0.2, 0.25) is 0 Å². The van der Waals surface area contributed by atoms with Gasteiger partial charge in [-0.3, -0.25) is 9.59 Å². The molecule has 92 valence electrons. The minimum absolute atomic E-state index is 0.153. The van der Waals surface area contributed by atoms with Crippen molar-refractivity contribution in [1.29, 1.82) is 0 Å². The maximum absolute atomic E-state index is 11.8. The fourth-order valence-electron chi connectivity index (χ4n) is 1.52. The Kier molecular flexibility index (Phi) is 5.57. The van der Waals surface area contributed by atoms with Gasteiger partial charge in [-0.25, -0.2) is 0 Å². The van der Waals surface area contributed by atoms with E-state index >= 15 is 0 Å². The molecule has 0 aliphatic carbocycles. The van der Waals surface area contributed by atoms with Crippen molar-refractivity contribution in [2.24, 2.45) is 0 Å². The summed E-state index contributed by atoms with van der Waals surface area (Å²) in [5.74, 6) is 0.339. The molecule has 0 saturated carbocycles. The van der Waals surface area contributed by atoms with Gasteiger partial charge in [0.15, 0.2) is 5.78 Å². The maximum Gasteiger partial charge on any atom is 0.164 e. The third-order valence-corrected chi connectivity index (χ3v) is 2.66. The van der Waals surface area contributed by atoms with E-state index in [2.05, 4.69) is 0 Å². The molecule has 17 heavy (non-hydrogen) atoms. The molecule has 1 rings (SSSR count). The molecule has 3 heteroatoms. The third kappa shape index (κ3) is 5.41. The van der Waals surface area contributed by atoms with Gasteiger partial charge in [0.05, 0.1) is 0 Å². The fraction of sp³-hybridized carbons (Fsp3) is 0.429. The number of benzene rings is 1. The molecule has 1 aromatic rings. The van der Waals surface area contributed by atoms with Crippen LogP contribution < -0.4 is 0 Å². The Bertz CT molecular complexity index is 373. The summed E-state index contributed by atoms with van der Waals surface area (Å²) in [6.07, 6.45) is 1.05. The molecule has 0 heterocycles. The van der Waals surface area contributed by atoms with Gasteiger partial charge >= 0.3 is 0 Å². The number of rotatable bonds is 7. The number of hydrogen-bond donors (Lipinski definition) is 0. The minimum atomic E-state index is 0.153. The molecule has 0 N–H and O–H groups in total. The Labute approximate surface area is 102 Å². The van der Waals surface area contributed by atoms with Crippen molar-refractivity contribution < 1.29 is 9.59 Å². The molecule has 0 bridgehead atoms. The van der Waals surface area contributed by atoms with E-state index < -0.39 is 0 Å². The molecular weight excluding hydrogens is 214 g/mol. The van der Waals surface area contributed by atoms with Gasteiger partial charge in [0.25, 0.3) is 0 Å². The molecular formula is C14H19NO2. The second kappa shape index (κ2) is 6.97. The van der Waals surface area contributed by atoms with E-state index in [-0.39, 0.29) is 11.6 Å². The average molecular weight is 233 g/mol. The van der Waals surface area contributed by atoms with Gasteiger partial charge in [-0.15, -0.1) is 0 Å². The molecule has 0 saturated heterocycles. The van der Waals surface area contributed by atoms with Crippen molar-refractivity contribution in [2.45, 2.75) is 19.8 Å². The molecule has 0 amide bonds. The molecule has 0 fully saturated rings. The zero-order chi connectivity index (χ0) is 12.7. The lowest BCUT2D eigenvalue weighted by Gasteiger charge is -2.14. The lowest BCUT2D eigenvalue weighted by molar-refractivity contribution is -0.117. The summed E-state index contributed by atoms with van der Waals surface area (Å²) in [5.41, 5.74) is 0.757. The van der Waals surface area contributed by atoms with Crippen molar-refractivity contribution in [3.8, 4) is 0 Å². The van der Waals surface area contributed by atoms with E-state index in [0.29, 0.717) is 19.4 Å². The summed E-state index contributed by atoms with van der Waals surface area (Å²) in [4.78, 5) is 24.6. The number of carbonyl (C=O) groups is 2. The molecule has 0 unspecified atom stereocenters. The minimum Gasteiger partial charge on any atom is -0.305 e. The summed E-state index contributed by atoms with van der Waals surface area (Å²) in [5, 5.41) is 0. The standard InChI is InChI=1S/C14H19NO2/c1-12(16)8-10-15(2)11-9-14(17)13-6-4-3-5-7-13/h3-7H,8-11H2,1-2H3. The van der Waals surface area contributed by atoms with Crippen molar-refractivity contribution >= 4 is 11.6 Å². The number of nitrogens with zero attached hydrogens (tertiary/aromatic N) is 1. The normalized spacial score (nSPS) is 10.5. The molecule has 0 aliphatic heterocycles. The lowest BCUT2D eigenvalue weighted by Crippen LogP contribution is -2.24. The molecule has 1 aromatic carbocycles. The molecule has 0 aliphatic rings. The summed E-state index contributed by atoms with van der Waals surface area (Å²) < 4.78 is 0. The van der Waals surface area contributed by atoms with Crippen LogP contribution in [-0.4, -0.2) is 36.6 Å². The van der Waals surface area contributed by atoms with Gasteiger partial charge in [0.1, 0.15) is 5.78 Å². The van der Waals surface area contributed by atoms with E-state index in [0.717, 1.165) is 12.1 Å². The third-order valence-electron chi connectivity index (χ3n) is 2.66. The predicted molar refractivity (Wildman–Crippen MR) is 68.2 cm³/mol. The first-order valence-corrected chi connectivity index (χ1v) is 5.86. The number of carbonyl (C=O) groups excluding carboxylic acids is 2. The second-order valence-electron chi connectivity index (χ2n) is 4.29. The highest BCUT2D eigenvalue weighted by Crippen LogP contribution is 2.03. The van der Waals surface area contributed by atoms with Crippen LogP contribution in [0.25, 0.3) is 0 Å². The second-order valence-corrected chi connectivity index (χ2v) is 4.29. The van der Waals surface area contributed by atoms with Gasteiger partial charge in [-0.2, -0.15) is 0 Å². The quantitative estimate of drug-likeness (QED) is 0.677. The highest BCUT2D eigenvalue weighted by atomic mass is 16.1. The number of Topliss-reactive ketones (excluding diaryl/α,β-unsaturated/α-hetero) is 2. The van der Waals surface area contributed by atoms with Crippen molar-refractivity contribution in [3.05, 3.63) is 35.9 Å². The smallest absolute Gasteiger partial charge is 0.164 e.